The molecular weight excluding hydrogens is 669 g/mol. The van der Waals surface area contributed by atoms with Gasteiger partial charge in [0.25, 0.3) is 0 Å². The quantitative estimate of drug-likeness (QED) is 0.151. The number of likely N-dealkylation sites (N-methyl/N-ethyl adjacent to an activating group) is 2. The van der Waals surface area contributed by atoms with Gasteiger partial charge >= 0.3 is 6.18 Å². The molecule has 1 atom stereocenters. The molecule has 0 aliphatic carbocycles. The number of rotatable bonds is 14. The van der Waals surface area contributed by atoms with Crippen LogP contribution in [0.5, 0.6) is 5.75 Å². The van der Waals surface area contributed by atoms with Crippen molar-refractivity contribution in [1.29, 1.82) is 0 Å². The van der Waals surface area contributed by atoms with Gasteiger partial charge < -0.3 is 29.4 Å². The van der Waals surface area contributed by atoms with E-state index in [1.165, 1.54) is 24.3 Å². The Labute approximate surface area is 303 Å². The van der Waals surface area contributed by atoms with Crippen molar-refractivity contribution in [2.45, 2.75) is 31.7 Å². The number of morpholine rings is 1. The van der Waals surface area contributed by atoms with Crippen molar-refractivity contribution in [2.75, 3.05) is 58.4 Å². The van der Waals surface area contributed by atoms with E-state index in [1.807, 2.05) is 67.7 Å². The van der Waals surface area contributed by atoms with Crippen molar-refractivity contribution in [3.8, 4) is 5.75 Å². The molecule has 0 aromatic heterocycles. The highest BCUT2D eigenvalue weighted by Crippen LogP contribution is 2.29. The van der Waals surface area contributed by atoms with E-state index in [9.17, 15) is 27.9 Å². The number of benzene rings is 4. The second-order valence-electron chi connectivity index (χ2n) is 13.1. The zero-order chi connectivity index (χ0) is 37.1. The van der Waals surface area contributed by atoms with Gasteiger partial charge in [-0.15, -0.1) is 0 Å². The second kappa shape index (κ2) is 17.9. The molecule has 1 saturated heterocycles. The molecule has 0 radical (unpaired) electrons. The third-order valence-corrected chi connectivity index (χ3v) is 9.09. The Hall–Kier alpha value is -5.13. The minimum absolute atomic E-state index is 0.133. The number of phenols is 1. The molecule has 52 heavy (non-hydrogen) atoms. The monoisotopic (exact) mass is 714 g/mol. The van der Waals surface area contributed by atoms with Crippen molar-refractivity contribution >= 4 is 23.6 Å². The molecule has 1 heterocycles. The summed E-state index contributed by atoms with van der Waals surface area (Å²) in [5, 5.41) is 9.86. The lowest BCUT2D eigenvalue weighted by molar-refractivity contribution is -0.143. The van der Waals surface area contributed by atoms with Crippen molar-refractivity contribution in [2.24, 2.45) is 0 Å². The van der Waals surface area contributed by atoms with Gasteiger partial charge in [-0.1, -0.05) is 66.7 Å². The predicted molar refractivity (Wildman–Crippen MR) is 197 cm³/mol. The highest BCUT2D eigenvalue weighted by atomic mass is 19.4. The highest BCUT2D eigenvalue weighted by molar-refractivity contribution is 5.95. The van der Waals surface area contributed by atoms with Crippen LogP contribution in [-0.4, -0.2) is 91.2 Å². The summed E-state index contributed by atoms with van der Waals surface area (Å²) in [6, 6.07) is 28.2. The molecule has 1 unspecified atom stereocenters. The fraction of sp³-hybridized carbons (Fsp3) is 0.317. The van der Waals surface area contributed by atoms with Crippen LogP contribution in [0.3, 0.4) is 0 Å². The number of carbonyl (C=O) groups is 2. The minimum Gasteiger partial charge on any atom is -0.508 e. The Kier molecular flexibility index (Phi) is 13.1. The summed E-state index contributed by atoms with van der Waals surface area (Å²) >= 11 is 0. The Bertz CT molecular complexity index is 1780. The zero-order valence-electron chi connectivity index (χ0n) is 29.5. The van der Waals surface area contributed by atoms with Crippen LogP contribution in [0, 0.1) is 0 Å². The van der Waals surface area contributed by atoms with Crippen LogP contribution in [-0.2, 0) is 40.0 Å². The first-order valence-corrected chi connectivity index (χ1v) is 17.3. The van der Waals surface area contributed by atoms with E-state index >= 15 is 0 Å². The molecule has 274 valence electrons. The molecule has 0 spiro atoms. The number of hydrogen-bond acceptors (Lipinski definition) is 6. The topological polar surface area (TPSA) is 76.6 Å². The van der Waals surface area contributed by atoms with E-state index in [0.717, 1.165) is 47.6 Å². The standard InChI is InChI=1S/C41H45F3N4O4/c1-45(29-34-9-6-10-37(49)27-34)21-22-46(2)40(51)38(28-32-7-4-3-5-8-32)48(30-33-13-18-36(19-14-33)47-23-25-52-26-24-47)39(50)20-15-31-11-16-35(17-12-31)41(42,43)44/h3-20,27,38,49H,21-26,28-30H2,1-2H3. The van der Waals surface area contributed by atoms with Crippen LogP contribution >= 0.6 is 0 Å². The van der Waals surface area contributed by atoms with Crippen LogP contribution in [0.2, 0.25) is 0 Å². The lowest BCUT2D eigenvalue weighted by Gasteiger charge is -2.34. The fourth-order valence-corrected chi connectivity index (χ4v) is 6.12. The van der Waals surface area contributed by atoms with E-state index in [-0.39, 0.29) is 24.6 Å². The van der Waals surface area contributed by atoms with Gasteiger partial charge in [0.05, 0.1) is 18.8 Å². The Morgan fingerprint density at radius 3 is 2.15 bits per heavy atom. The van der Waals surface area contributed by atoms with Gasteiger partial charge in [-0.3, -0.25) is 9.59 Å². The third-order valence-electron chi connectivity index (χ3n) is 9.09. The maximum Gasteiger partial charge on any atom is 0.416 e. The smallest absolute Gasteiger partial charge is 0.416 e. The number of aromatic hydroxyl groups is 1. The highest BCUT2D eigenvalue weighted by Gasteiger charge is 2.32. The summed E-state index contributed by atoms with van der Waals surface area (Å²) in [7, 11) is 3.66. The Balaban J connectivity index is 1.40. The van der Waals surface area contributed by atoms with Crippen molar-refractivity contribution in [1.82, 2.24) is 14.7 Å². The fourth-order valence-electron chi connectivity index (χ4n) is 6.12. The number of anilines is 1. The normalized spacial score (nSPS) is 14.1. The number of amides is 2. The maximum atomic E-state index is 14.4. The number of carbonyl (C=O) groups excluding carboxylic acids is 2. The summed E-state index contributed by atoms with van der Waals surface area (Å²) < 4.78 is 45.0. The van der Waals surface area contributed by atoms with Crippen LogP contribution in [0.25, 0.3) is 6.08 Å². The van der Waals surface area contributed by atoms with Gasteiger partial charge in [0.1, 0.15) is 11.8 Å². The molecule has 0 saturated carbocycles. The van der Waals surface area contributed by atoms with Crippen molar-refractivity contribution in [3.05, 3.63) is 137 Å². The SMILES string of the molecule is CN(CCN(C)C(=O)C(Cc1ccccc1)N(Cc1ccc(N2CCOCC2)cc1)C(=O)C=Cc1ccc(C(F)(F)F)cc1)Cc1cccc(O)c1. The van der Waals surface area contributed by atoms with Crippen LogP contribution < -0.4 is 4.90 Å². The first-order valence-electron chi connectivity index (χ1n) is 17.3. The predicted octanol–water partition coefficient (Wildman–Crippen LogP) is 6.49. The largest absolute Gasteiger partial charge is 0.508 e. The second-order valence-corrected chi connectivity index (χ2v) is 13.1. The zero-order valence-corrected chi connectivity index (χ0v) is 29.5. The van der Waals surface area contributed by atoms with E-state index in [4.69, 9.17) is 4.74 Å². The molecule has 4 aromatic carbocycles. The Morgan fingerprint density at radius 1 is 0.827 bits per heavy atom. The van der Waals surface area contributed by atoms with Crippen LogP contribution in [0.1, 0.15) is 27.8 Å². The molecular formula is C41H45F3N4O4. The number of phenolic OH excluding ortho intramolecular Hbond substituents is 1. The number of hydrogen-bond donors (Lipinski definition) is 1. The number of ether oxygens (including phenoxy) is 1. The summed E-state index contributed by atoms with van der Waals surface area (Å²) in [5.74, 6) is -0.494. The van der Waals surface area contributed by atoms with Gasteiger partial charge in [-0.2, -0.15) is 13.2 Å². The number of alkyl halides is 3. The molecule has 1 aliphatic rings. The summed E-state index contributed by atoms with van der Waals surface area (Å²) in [4.78, 5) is 36.0. The molecule has 2 amide bonds. The van der Waals surface area contributed by atoms with Crippen molar-refractivity contribution in [3.63, 3.8) is 0 Å². The first kappa shape index (κ1) is 38.1. The molecule has 11 heteroatoms. The molecule has 1 N–H and O–H groups in total. The number of nitrogens with zero attached hydrogens (tertiary/aromatic N) is 4. The summed E-state index contributed by atoms with van der Waals surface area (Å²) in [6.07, 6.45) is -1.42. The van der Waals surface area contributed by atoms with Gasteiger partial charge in [-0.05, 0) is 71.8 Å². The van der Waals surface area contributed by atoms with Gasteiger partial charge in [0.15, 0.2) is 0 Å². The average molecular weight is 715 g/mol. The lowest BCUT2D eigenvalue weighted by Crippen LogP contribution is -2.51. The summed E-state index contributed by atoms with van der Waals surface area (Å²) in [5.41, 5.74) is 3.33. The van der Waals surface area contributed by atoms with Gasteiger partial charge in [-0.25, -0.2) is 0 Å². The van der Waals surface area contributed by atoms with Crippen LogP contribution in [0.4, 0.5) is 18.9 Å². The summed E-state index contributed by atoms with van der Waals surface area (Å²) in [6.45, 7) is 4.49. The Morgan fingerprint density at radius 2 is 1.50 bits per heavy atom. The van der Waals surface area contributed by atoms with E-state index in [2.05, 4.69) is 9.80 Å². The van der Waals surface area contributed by atoms with E-state index in [0.29, 0.717) is 38.4 Å². The number of halogens is 3. The maximum absolute atomic E-state index is 14.4. The molecule has 1 fully saturated rings. The van der Waals surface area contributed by atoms with Crippen LogP contribution in [0.15, 0.2) is 109 Å². The van der Waals surface area contributed by atoms with Gasteiger partial charge in [0, 0.05) is 64.5 Å². The molecule has 0 bridgehead atoms. The van der Waals surface area contributed by atoms with Crippen molar-refractivity contribution < 1.29 is 32.6 Å². The molecule has 1 aliphatic heterocycles. The van der Waals surface area contributed by atoms with E-state index in [1.54, 1.807) is 35.0 Å². The lowest BCUT2D eigenvalue weighted by atomic mass is 10.0. The molecule has 8 nitrogen and oxygen atoms in total. The first-order chi connectivity index (χ1) is 25.0. The van der Waals surface area contributed by atoms with Gasteiger partial charge in [0.2, 0.25) is 11.8 Å². The molecule has 5 rings (SSSR count). The third kappa shape index (κ3) is 10.9. The molecule has 4 aromatic rings. The van der Waals surface area contributed by atoms with E-state index < -0.39 is 23.7 Å². The average Bonchev–Trinajstić information content (AvgIpc) is 3.15. The minimum atomic E-state index is -4.47.